The van der Waals surface area contributed by atoms with Crippen molar-refractivity contribution in [3.05, 3.63) is 18.2 Å². The monoisotopic (exact) mass is 279 g/mol. The molecule has 0 aliphatic carbocycles. The summed E-state index contributed by atoms with van der Waals surface area (Å²) in [6.07, 6.45) is 2.21. The molecular weight excluding hydrogens is 262 g/mol. The first-order valence-electron chi connectivity index (χ1n) is 6.72. The van der Waals surface area contributed by atoms with Crippen LogP contribution in [0.1, 0.15) is 12.8 Å². The molecule has 2 aliphatic rings. The van der Waals surface area contributed by atoms with Gasteiger partial charge in [0, 0.05) is 19.2 Å². The summed E-state index contributed by atoms with van der Waals surface area (Å²) in [6, 6.07) is 5.23. The van der Waals surface area contributed by atoms with E-state index in [1.807, 2.05) is 0 Å². The van der Waals surface area contributed by atoms with E-state index in [0.29, 0.717) is 23.8 Å². The Morgan fingerprint density at radius 1 is 1.35 bits per heavy atom. The quantitative estimate of drug-likeness (QED) is 0.874. The Balaban J connectivity index is 1.43. The van der Waals surface area contributed by atoms with Crippen LogP contribution >= 0.6 is 0 Å². The van der Waals surface area contributed by atoms with Crippen molar-refractivity contribution in [3.8, 4) is 17.2 Å². The van der Waals surface area contributed by atoms with Gasteiger partial charge in [-0.1, -0.05) is 0 Å². The molecule has 6 nitrogen and oxygen atoms in total. The minimum Gasteiger partial charge on any atom is -0.484 e. The molecule has 2 heterocycles. The highest BCUT2D eigenvalue weighted by Crippen LogP contribution is 2.34. The fraction of sp³-hybridized carbons (Fsp3) is 0.500. The molecule has 1 aromatic carbocycles. The molecule has 20 heavy (non-hydrogen) atoms. The number of ether oxygens (including phenoxy) is 4. The lowest BCUT2D eigenvalue weighted by Crippen LogP contribution is -2.35. The molecule has 2 aliphatic heterocycles. The summed E-state index contributed by atoms with van der Waals surface area (Å²) in [5.74, 6) is 1.77. The van der Waals surface area contributed by atoms with Gasteiger partial charge in [-0.15, -0.1) is 0 Å². The van der Waals surface area contributed by atoms with Gasteiger partial charge in [-0.3, -0.25) is 4.79 Å². The van der Waals surface area contributed by atoms with Gasteiger partial charge in [0.1, 0.15) is 5.75 Å². The molecule has 1 amide bonds. The van der Waals surface area contributed by atoms with E-state index < -0.39 is 0 Å². The Bertz CT molecular complexity index is 484. The van der Waals surface area contributed by atoms with Crippen LogP contribution < -0.4 is 19.5 Å². The molecule has 1 saturated heterocycles. The van der Waals surface area contributed by atoms with E-state index in [1.165, 1.54) is 0 Å². The normalized spacial score (nSPS) is 19.9. The summed E-state index contributed by atoms with van der Waals surface area (Å²) in [5, 5.41) is 2.80. The largest absolute Gasteiger partial charge is 0.484 e. The fourth-order valence-corrected chi connectivity index (χ4v) is 2.20. The summed E-state index contributed by atoms with van der Waals surface area (Å²) in [4.78, 5) is 11.7. The van der Waals surface area contributed by atoms with Crippen LogP contribution in [0.3, 0.4) is 0 Å². The first kappa shape index (κ1) is 13.1. The van der Waals surface area contributed by atoms with Crippen LogP contribution in [0, 0.1) is 0 Å². The van der Waals surface area contributed by atoms with E-state index in [4.69, 9.17) is 18.9 Å². The molecule has 0 saturated carbocycles. The molecule has 1 unspecified atom stereocenters. The smallest absolute Gasteiger partial charge is 0.258 e. The van der Waals surface area contributed by atoms with Crippen LogP contribution in [0.5, 0.6) is 17.2 Å². The zero-order valence-corrected chi connectivity index (χ0v) is 11.1. The lowest BCUT2D eigenvalue weighted by atomic mass is 10.2. The summed E-state index contributed by atoms with van der Waals surface area (Å²) in [7, 11) is 0. The van der Waals surface area contributed by atoms with E-state index in [0.717, 1.165) is 19.4 Å². The van der Waals surface area contributed by atoms with Crippen molar-refractivity contribution in [2.24, 2.45) is 0 Å². The van der Waals surface area contributed by atoms with E-state index in [9.17, 15) is 4.79 Å². The van der Waals surface area contributed by atoms with Crippen LogP contribution in [0.2, 0.25) is 0 Å². The number of amides is 1. The van der Waals surface area contributed by atoms with Gasteiger partial charge in [0.25, 0.3) is 5.91 Å². The lowest BCUT2D eigenvalue weighted by Gasteiger charge is -2.11. The molecule has 0 spiro atoms. The highest BCUT2D eigenvalue weighted by atomic mass is 16.7. The van der Waals surface area contributed by atoms with E-state index in [2.05, 4.69) is 5.32 Å². The number of carbonyl (C=O) groups excluding carboxylic acids is 1. The Hall–Kier alpha value is -1.95. The molecule has 1 fully saturated rings. The van der Waals surface area contributed by atoms with Crippen molar-refractivity contribution < 1.29 is 23.7 Å². The van der Waals surface area contributed by atoms with Gasteiger partial charge in [0.2, 0.25) is 6.79 Å². The van der Waals surface area contributed by atoms with Gasteiger partial charge >= 0.3 is 0 Å². The third kappa shape index (κ3) is 3.14. The van der Waals surface area contributed by atoms with Gasteiger partial charge in [0.05, 0.1) is 6.10 Å². The fourth-order valence-electron chi connectivity index (χ4n) is 2.20. The van der Waals surface area contributed by atoms with Crippen molar-refractivity contribution >= 4 is 5.91 Å². The molecular formula is C14H17NO5. The third-order valence-electron chi connectivity index (χ3n) is 3.26. The van der Waals surface area contributed by atoms with Crippen molar-refractivity contribution in [1.82, 2.24) is 5.32 Å². The Morgan fingerprint density at radius 3 is 3.10 bits per heavy atom. The maximum atomic E-state index is 11.7. The van der Waals surface area contributed by atoms with E-state index in [1.54, 1.807) is 18.2 Å². The molecule has 1 aromatic rings. The predicted octanol–water partition coefficient (Wildman–Crippen LogP) is 1.09. The van der Waals surface area contributed by atoms with Crippen LogP contribution in [-0.2, 0) is 9.53 Å². The molecule has 1 atom stereocenters. The average molecular weight is 279 g/mol. The minimum atomic E-state index is -0.154. The standard InChI is InChI=1S/C14H17NO5/c16-14(15-7-11-2-1-5-17-11)8-18-10-3-4-12-13(6-10)20-9-19-12/h3-4,6,11H,1-2,5,7-9H2,(H,15,16). The van der Waals surface area contributed by atoms with Gasteiger partial charge in [-0.05, 0) is 25.0 Å². The number of carbonyl (C=O) groups is 1. The zero-order chi connectivity index (χ0) is 13.8. The van der Waals surface area contributed by atoms with E-state index >= 15 is 0 Å². The summed E-state index contributed by atoms with van der Waals surface area (Å²) >= 11 is 0. The number of benzene rings is 1. The molecule has 108 valence electrons. The van der Waals surface area contributed by atoms with Crippen LogP contribution in [0.25, 0.3) is 0 Å². The van der Waals surface area contributed by atoms with E-state index in [-0.39, 0.29) is 25.4 Å². The Morgan fingerprint density at radius 2 is 2.25 bits per heavy atom. The molecule has 0 bridgehead atoms. The number of hydrogen-bond acceptors (Lipinski definition) is 5. The highest BCUT2D eigenvalue weighted by molar-refractivity contribution is 5.77. The highest BCUT2D eigenvalue weighted by Gasteiger charge is 2.17. The topological polar surface area (TPSA) is 66.0 Å². The molecule has 3 rings (SSSR count). The minimum absolute atomic E-state index is 0.0215. The second-order valence-corrected chi connectivity index (χ2v) is 4.74. The van der Waals surface area contributed by atoms with Gasteiger partial charge in [-0.2, -0.15) is 0 Å². The van der Waals surface area contributed by atoms with Gasteiger partial charge in [-0.25, -0.2) is 0 Å². The average Bonchev–Trinajstić information content (AvgIpc) is 3.13. The second-order valence-electron chi connectivity index (χ2n) is 4.74. The first-order chi connectivity index (χ1) is 9.81. The predicted molar refractivity (Wildman–Crippen MR) is 70.0 cm³/mol. The molecule has 1 N–H and O–H groups in total. The van der Waals surface area contributed by atoms with Crippen molar-refractivity contribution in [1.29, 1.82) is 0 Å². The van der Waals surface area contributed by atoms with Gasteiger partial charge < -0.3 is 24.3 Å². The second kappa shape index (κ2) is 6.00. The van der Waals surface area contributed by atoms with Crippen molar-refractivity contribution in [3.63, 3.8) is 0 Å². The van der Waals surface area contributed by atoms with Crippen molar-refractivity contribution in [2.45, 2.75) is 18.9 Å². The summed E-state index contributed by atoms with van der Waals surface area (Å²) < 4.78 is 21.3. The van der Waals surface area contributed by atoms with Crippen LogP contribution in [-0.4, -0.2) is 38.6 Å². The Kier molecular flexibility index (Phi) is 3.92. The summed E-state index contributed by atoms with van der Waals surface area (Å²) in [5.41, 5.74) is 0. The Labute approximate surface area is 117 Å². The van der Waals surface area contributed by atoms with Gasteiger partial charge in [0.15, 0.2) is 18.1 Å². The number of nitrogens with one attached hydrogen (secondary N) is 1. The molecule has 0 radical (unpaired) electrons. The van der Waals surface area contributed by atoms with Crippen LogP contribution in [0.4, 0.5) is 0 Å². The number of fused-ring (bicyclic) bond motifs is 1. The first-order valence-corrected chi connectivity index (χ1v) is 6.72. The van der Waals surface area contributed by atoms with Crippen molar-refractivity contribution in [2.75, 3.05) is 26.6 Å². The molecule has 0 aromatic heterocycles. The summed E-state index contributed by atoms with van der Waals surface area (Å²) in [6.45, 7) is 1.53. The third-order valence-corrected chi connectivity index (χ3v) is 3.26. The lowest BCUT2D eigenvalue weighted by molar-refractivity contribution is -0.123. The maximum Gasteiger partial charge on any atom is 0.258 e. The number of hydrogen-bond donors (Lipinski definition) is 1. The number of rotatable bonds is 5. The molecule has 6 heteroatoms. The van der Waals surface area contributed by atoms with Crippen LogP contribution in [0.15, 0.2) is 18.2 Å². The SMILES string of the molecule is O=C(COc1ccc2c(c1)OCO2)NCC1CCCO1. The maximum absolute atomic E-state index is 11.7. The zero-order valence-electron chi connectivity index (χ0n) is 11.1.